The maximum atomic E-state index is 12.5. The Labute approximate surface area is 137 Å². The molecule has 1 heterocycles. The summed E-state index contributed by atoms with van der Waals surface area (Å²) in [4.78, 5) is 24.8. The third-order valence-electron chi connectivity index (χ3n) is 3.25. The van der Waals surface area contributed by atoms with Crippen molar-refractivity contribution in [2.45, 2.75) is 0 Å². The van der Waals surface area contributed by atoms with Gasteiger partial charge in [-0.2, -0.15) is 5.10 Å². The molecule has 3 rings (SSSR count). The minimum Gasteiger partial charge on any atom is -0.322 e. The molecule has 1 aromatic heterocycles. The molecule has 3 aromatic rings. The van der Waals surface area contributed by atoms with Gasteiger partial charge in [0.1, 0.15) is 5.69 Å². The molecule has 6 heteroatoms. The average Bonchev–Trinajstić information content (AvgIpc) is 3.05. The van der Waals surface area contributed by atoms with E-state index in [1.54, 1.807) is 36.4 Å². The van der Waals surface area contributed by atoms with Gasteiger partial charge in [0.25, 0.3) is 5.91 Å². The van der Waals surface area contributed by atoms with Gasteiger partial charge in [-0.25, -0.2) is 0 Å². The number of ketones is 1. The van der Waals surface area contributed by atoms with Crippen molar-refractivity contribution in [1.82, 2.24) is 10.2 Å². The van der Waals surface area contributed by atoms with Crippen LogP contribution in [0.3, 0.4) is 0 Å². The summed E-state index contributed by atoms with van der Waals surface area (Å²) in [6.45, 7) is 0. The number of benzene rings is 2. The number of hydrogen-bond acceptors (Lipinski definition) is 3. The molecule has 5 nitrogen and oxygen atoms in total. The van der Waals surface area contributed by atoms with Gasteiger partial charge in [0.05, 0.1) is 11.8 Å². The van der Waals surface area contributed by atoms with Gasteiger partial charge in [-0.1, -0.05) is 29.8 Å². The smallest absolute Gasteiger partial charge is 0.259 e. The maximum absolute atomic E-state index is 12.5. The van der Waals surface area contributed by atoms with Gasteiger partial charge >= 0.3 is 0 Å². The lowest BCUT2D eigenvalue weighted by molar-refractivity contribution is 0.0994. The number of anilines is 1. The number of H-pyrrole nitrogens is 1. The van der Waals surface area contributed by atoms with Crippen molar-refractivity contribution in [2.75, 3.05) is 5.32 Å². The third kappa shape index (κ3) is 3.30. The van der Waals surface area contributed by atoms with Crippen LogP contribution in [0.25, 0.3) is 0 Å². The Morgan fingerprint density at radius 2 is 1.70 bits per heavy atom. The molecule has 2 N–H and O–H groups in total. The van der Waals surface area contributed by atoms with Crippen molar-refractivity contribution >= 4 is 29.0 Å². The van der Waals surface area contributed by atoms with Crippen LogP contribution < -0.4 is 5.32 Å². The van der Waals surface area contributed by atoms with Gasteiger partial charge in [0.2, 0.25) is 5.78 Å². The van der Waals surface area contributed by atoms with Crippen LogP contribution in [-0.4, -0.2) is 21.9 Å². The monoisotopic (exact) mass is 325 g/mol. The Bertz CT molecular complexity index is 842. The van der Waals surface area contributed by atoms with E-state index in [9.17, 15) is 9.59 Å². The van der Waals surface area contributed by atoms with Crippen molar-refractivity contribution in [1.29, 1.82) is 0 Å². The molecule has 0 radical (unpaired) electrons. The van der Waals surface area contributed by atoms with Crippen molar-refractivity contribution in [2.24, 2.45) is 0 Å². The number of carbonyl (C=O) groups is 2. The molecule has 0 spiro atoms. The third-order valence-corrected chi connectivity index (χ3v) is 3.50. The molecular formula is C17H12ClN3O2. The Hall–Kier alpha value is -2.92. The summed E-state index contributed by atoms with van der Waals surface area (Å²) >= 11 is 5.82. The summed E-state index contributed by atoms with van der Waals surface area (Å²) in [5, 5.41) is 9.67. The fourth-order valence-corrected chi connectivity index (χ4v) is 2.22. The lowest BCUT2D eigenvalue weighted by Gasteiger charge is -2.05. The van der Waals surface area contributed by atoms with E-state index in [1.807, 2.05) is 18.2 Å². The average molecular weight is 326 g/mol. The number of carbonyl (C=O) groups excluding carboxylic acids is 2. The number of amides is 1. The lowest BCUT2D eigenvalue weighted by Crippen LogP contribution is -2.16. The van der Waals surface area contributed by atoms with Crippen LogP contribution in [0.5, 0.6) is 0 Å². The van der Waals surface area contributed by atoms with Crippen LogP contribution in [0.4, 0.5) is 5.69 Å². The Morgan fingerprint density at radius 3 is 2.39 bits per heavy atom. The molecule has 0 aliphatic rings. The van der Waals surface area contributed by atoms with Gasteiger partial charge in [-0.15, -0.1) is 0 Å². The zero-order valence-electron chi connectivity index (χ0n) is 11.9. The van der Waals surface area contributed by atoms with Gasteiger partial charge in [-0.05, 0) is 36.4 Å². The number of halogens is 1. The molecule has 114 valence electrons. The molecule has 2 aromatic carbocycles. The molecule has 0 aliphatic carbocycles. The van der Waals surface area contributed by atoms with Gasteiger partial charge in [0.15, 0.2) is 0 Å². The number of rotatable bonds is 4. The molecule has 0 atom stereocenters. The van der Waals surface area contributed by atoms with E-state index in [0.717, 1.165) is 0 Å². The van der Waals surface area contributed by atoms with Crippen molar-refractivity contribution in [3.05, 3.63) is 82.6 Å². The molecule has 1 amide bonds. The summed E-state index contributed by atoms with van der Waals surface area (Å²) in [5.74, 6) is -0.723. The molecule has 0 saturated carbocycles. The highest BCUT2D eigenvalue weighted by Gasteiger charge is 2.20. The van der Waals surface area contributed by atoms with Crippen LogP contribution in [0.1, 0.15) is 26.4 Å². The van der Waals surface area contributed by atoms with E-state index >= 15 is 0 Å². The largest absolute Gasteiger partial charge is 0.322 e. The minimum atomic E-state index is -0.401. The number of hydrogen-bond donors (Lipinski definition) is 2. The SMILES string of the molecule is O=C(Nc1ccccc1)c1cn[nH]c1C(=O)c1ccc(Cl)cc1. The van der Waals surface area contributed by atoms with Gasteiger partial charge in [-0.3, -0.25) is 14.7 Å². The maximum Gasteiger partial charge on any atom is 0.259 e. The standard InChI is InChI=1S/C17H12ClN3O2/c18-12-8-6-11(7-9-12)16(22)15-14(10-19-21-15)17(23)20-13-4-2-1-3-5-13/h1-10H,(H,19,21)(H,20,23). The fraction of sp³-hybridized carbons (Fsp3) is 0. The first-order valence-corrected chi connectivity index (χ1v) is 7.23. The number of aromatic nitrogens is 2. The van der Waals surface area contributed by atoms with Crippen LogP contribution >= 0.6 is 11.6 Å². The van der Waals surface area contributed by atoms with Crippen LogP contribution in [0.2, 0.25) is 5.02 Å². The molecule has 0 bridgehead atoms. The first kappa shape index (κ1) is 15.0. The predicted octanol–water partition coefficient (Wildman–Crippen LogP) is 3.55. The van der Waals surface area contributed by atoms with E-state index in [4.69, 9.17) is 11.6 Å². The Balaban J connectivity index is 1.85. The quantitative estimate of drug-likeness (QED) is 0.720. The summed E-state index contributed by atoms with van der Waals surface area (Å²) in [6.07, 6.45) is 1.33. The summed E-state index contributed by atoms with van der Waals surface area (Å²) in [5.41, 5.74) is 1.39. The number of aromatic amines is 1. The first-order valence-electron chi connectivity index (χ1n) is 6.85. The van der Waals surface area contributed by atoms with Gasteiger partial charge < -0.3 is 5.32 Å². The van der Waals surface area contributed by atoms with E-state index in [2.05, 4.69) is 15.5 Å². The topological polar surface area (TPSA) is 74.8 Å². The zero-order valence-corrected chi connectivity index (χ0v) is 12.7. The Kier molecular flexibility index (Phi) is 4.21. The summed E-state index contributed by atoms with van der Waals surface area (Å²) in [6, 6.07) is 15.4. The van der Waals surface area contributed by atoms with Gasteiger partial charge in [0, 0.05) is 16.3 Å². The highest BCUT2D eigenvalue weighted by atomic mass is 35.5. The van der Waals surface area contributed by atoms with Crippen molar-refractivity contribution in [3.8, 4) is 0 Å². The molecule has 0 unspecified atom stereocenters. The fourth-order valence-electron chi connectivity index (χ4n) is 2.10. The molecular weight excluding hydrogens is 314 g/mol. The minimum absolute atomic E-state index is 0.140. The van der Waals surface area contributed by atoms with Crippen molar-refractivity contribution < 1.29 is 9.59 Å². The molecule has 0 fully saturated rings. The second-order valence-electron chi connectivity index (χ2n) is 4.81. The molecule has 0 saturated heterocycles. The number of nitrogens with one attached hydrogen (secondary N) is 2. The van der Waals surface area contributed by atoms with E-state index in [1.165, 1.54) is 6.20 Å². The zero-order chi connectivity index (χ0) is 16.2. The van der Waals surface area contributed by atoms with E-state index in [0.29, 0.717) is 16.3 Å². The first-order chi connectivity index (χ1) is 11.1. The number of para-hydroxylation sites is 1. The highest BCUT2D eigenvalue weighted by Crippen LogP contribution is 2.16. The second-order valence-corrected chi connectivity index (χ2v) is 5.25. The number of nitrogens with zero attached hydrogens (tertiary/aromatic N) is 1. The summed E-state index contributed by atoms with van der Waals surface area (Å²) in [7, 11) is 0. The van der Waals surface area contributed by atoms with E-state index < -0.39 is 5.91 Å². The van der Waals surface area contributed by atoms with E-state index in [-0.39, 0.29) is 17.0 Å². The molecule has 23 heavy (non-hydrogen) atoms. The normalized spacial score (nSPS) is 10.3. The molecule has 0 aliphatic heterocycles. The highest BCUT2D eigenvalue weighted by molar-refractivity contribution is 6.30. The Morgan fingerprint density at radius 1 is 1.00 bits per heavy atom. The van der Waals surface area contributed by atoms with Crippen molar-refractivity contribution in [3.63, 3.8) is 0 Å². The summed E-state index contributed by atoms with van der Waals surface area (Å²) < 4.78 is 0. The van der Waals surface area contributed by atoms with Crippen LogP contribution in [0.15, 0.2) is 60.8 Å². The second kappa shape index (κ2) is 6.46. The van der Waals surface area contributed by atoms with Crippen LogP contribution in [0, 0.1) is 0 Å². The van der Waals surface area contributed by atoms with Crippen LogP contribution in [-0.2, 0) is 0 Å². The lowest BCUT2D eigenvalue weighted by atomic mass is 10.1. The predicted molar refractivity (Wildman–Crippen MR) is 87.9 cm³/mol.